The van der Waals surface area contributed by atoms with Gasteiger partial charge in [0.05, 0.1) is 0 Å². The number of fused-ring (bicyclic) bond motifs is 2. The van der Waals surface area contributed by atoms with Gasteiger partial charge in [0.2, 0.25) is 0 Å². The molecule has 24 heavy (non-hydrogen) atoms. The molecule has 1 N–H and O–H groups in total. The molecule has 0 spiro atoms. The molecule has 2 fully saturated rings. The molecule has 3 nitrogen and oxygen atoms in total. The van der Waals surface area contributed by atoms with E-state index in [0.717, 1.165) is 26.2 Å². The Morgan fingerprint density at radius 1 is 1.21 bits per heavy atom. The van der Waals surface area contributed by atoms with E-state index >= 15 is 0 Å². The molecule has 2 aliphatic carbocycles. The fourth-order valence-corrected chi connectivity index (χ4v) is 4.76. The van der Waals surface area contributed by atoms with Gasteiger partial charge in [0.15, 0.2) is 5.60 Å². The Balaban J connectivity index is 2.24. The monoisotopic (exact) mass is 348 g/mol. The molecule has 5 atom stereocenters. The lowest BCUT2D eigenvalue weighted by Gasteiger charge is -2.44. The number of aliphatic hydroxyl groups is 1. The van der Waals surface area contributed by atoms with Crippen molar-refractivity contribution in [1.82, 2.24) is 0 Å². The molecule has 0 aromatic carbocycles. The Kier molecular flexibility index (Phi) is 4.86. The number of rotatable bonds is 5. The molecule has 2 aliphatic rings. The van der Waals surface area contributed by atoms with E-state index in [9.17, 15) is 23.1 Å². The Labute approximate surface area is 141 Å². The second-order valence-electron chi connectivity index (χ2n) is 8.27. The fourth-order valence-electron chi connectivity index (χ4n) is 4.76. The molecule has 0 radical (unpaired) electrons. The first-order valence-electron chi connectivity index (χ1n) is 8.44. The highest BCUT2D eigenvalue weighted by molar-refractivity contribution is 5.87. The summed E-state index contributed by atoms with van der Waals surface area (Å²) in [6.07, 6.45) is -2.36. The van der Waals surface area contributed by atoms with Crippen LogP contribution in [0.15, 0.2) is 12.2 Å². The number of alkyl halides is 3. The van der Waals surface area contributed by atoms with Gasteiger partial charge >= 0.3 is 12.1 Å². The molecular formula is C18H27F3O3. The van der Waals surface area contributed by atoms with E-state index in [0.29, 0.717) is 0 Å². The molecule has 0 amide bonds. The molecule has 138 valence electrons. The van der Waals surface area contributed by atoms with Gasteiger partial charge in [0, 0.05) is 11.5 Å². The number of ether oxygens (including phenoxy) is 1. The zero-order valence-corrected chi connectivity index (χ0v) is 14.7. The van der Waals surface area contributed by atoms with Crippen molar-refractivity contribution in [2.75, 3.05) is 0 Å². The van der Waals surface area contributed by atoms with Crippen LogP contribution in [-0.4, -0.2) is 28.5 Å². The standard InChI is InChI=1S/C18H27F3O3/c1-10(2)15(22)24-16(3,4)14-12-7-6-11(8-12)13(14)9-17(5,23)18(19,20)21/h11-14,23H,1,6-9H2,2-5H3. The van der Waals surface area contributed by atoms with E-state index in [4.69, 9.17) is 4.74 Å². The molecule has 0 aromatic heterocycles. The number of hydrogen-bond acceptors (Lipinski definition) is 3. The largest absolute Gasteiger partial charge is 0.456 e. The lowest BCUT2D eigenvalue weighted by atomic mass is 9.67. The quantitative estimate of drug-likeness (QED) is 0.597. The molecule has 0 heterocycles. The first-order valence-corrected chi connectivity index (χ1v) is 8.44. The average molecular weight is 348 g/mol. The molecule has 2 saturated carbocycles. The zero-order valence-electron chi connectivity index (χ0n) is 14.7. The maximum absolute atomic E-state index is 13.1. The summed E-state index contributed by atoms with van der Waals surface area (Å²) >= 11 is 0. The fraction of sp³-hybridized carbons (Fsp3) is 0.833. The third-order valence-electron chi connectivity index (χ3n) is 5.84. The van der Waals surface area contributed by atoms with Crippen LogP contribution in [0.1, 0.15) is 53.4 Å². The van der Waals surface area contributed by atoms with Crippen LogP contribution in [-0.2, 0) is 9.53 Å². The van der Waals surface area contributed by atoms with Crippen molar-refractivity contribution in [1.29, 1.82) is 0 Å². The lowest BCUT2D eigenvalue weighted by Crippen LogP contribution is -2.49. The van der Waals surface area contributed by atoms with Gasteiger partial charge in [-0.05, 0) is 71.1 Å². The van der Waals surface area contributed by atoms with Crippen LogP contribution in [0.4, 0.5) is 13.2 Å². The minimum absolute atomic E-state index is 0.150. The van der Waals surface area contributed by atoms with E-state index in [1.54, 1.807) is 20.8 Å². The number of hydrogen-bond donors (Lipinski definition) is 1. The first kappa shape index (κ1) is 19.3. The van der Waals surface area contributed by atoms with Crippen LogP contribution in [0, 0.1) is 23.7 Å². The zero-order chi connectivity index (χ0) is 18.5. The molecule has 2 rings (SSSR count). The number of carbonyl (C=O) groups excluding carboxylic acids is 1. The number of carbonyl (C=O) groups is 1. The molecular weight excluding hydrogens is 321 g/mol. The van der Waals surface area contributed by atoms with Crippen LogP contribution < -0.4 is 0 Å². The van der Waals surface area contributed by atoms with Gasteiger partial charge in [-0.15, -0.1) is 0 Å². The molecule has 6 heteroatoms. The normalized spacial score (nSPS) is 32.5. The van der Waals surface area contributed by atoms with Crippen molar-refractivity contribution in [2.24, 2.45) is 23.7 Å². The Morgan fingerprint density at radius 2 is 1.75 bits per heavy atom. The molecule has 0 saturated heterocycles. The maximum atomic E-state index is 13.1. The van der Waals surface area contributed by atoms with E-state index in [1.807, 2.05) is 0 Å². The van der Waals surface area contributed by atoms with E-state index < -0.39 is 23.3 Å². The summed E-state index contributed by atoms with van der Waals surface area (Å²) in [5.41, 5.74) is -3.35. The number of esters is 1. The van der Waals surface area contributed by atoms with Crippen molar-refractivity contribution in [3.63, 3.8) is 0 Å². The maximum Gasteiger partial charge on any atom is 0.416 e. The van der Waals surface area contributed by atoms with Crippen molar-refractivity contribution < 1.29 is 27.8 Å². The van der Waals surface area contributed by atoms with Crippen molar-refractivity contribution in [3.05, 3.63) is 12.2 Å². The third-order valence-corrected chi connectivity index (χ3v) is 5.84. The predicted molar refractivity (Wildman–Crippen MR) is 84.1 cm³/mol. The van der Waals surface area contributed by atoms with Gasteiger partial charge in [0.25, 0.3) is 0 Å². The van der Waals surface area contributed by atoms with Gasteiger partial charge < -0.3 is 9.84 Å². The summed E-state index contributed by atoms with van der Waals surface area (Å²) in [6, 6.07) is 0. The van der Waals surface area contributed by atoms with Crippen LogP contribution >= 0.6 is 0 Å². The van der Waals surface area contributed by atoms with Crippen LogP contribution in [0.5, 0.6) is 0 Å². The SMILES string of the molecule is C=C(C)C(=O)OC(C)(C)C1C2CCC(C2)C1CC(C)(O)C(F)(F)F. The summed E-state index contributed by atoms with van der Waals surface area (Å²) in [5.74, 6) is -0.639. The topological polar surface area (TPSA) is 46.5 Å². The smallest absolute Gasteiger partial charge is 0.416 e. The van der Waals surface area contributed by atoms with Crippen LogP contribution in [0.25, 0.3) is 0 Å². The van der Waals surface area contributed by atoms with E-state index in [-0.39, 0.29) is 35.7 Å². The van der Waals surface area contributed by atoms with Gasteiger partial charge in [-0.1, -0.05) is 6.58 Å². The Morgan fingerprint density at radius 3 is 2.25 bits per heavy atom. The highest BCUT2D eigenvalue weighted by atomic mass is 19.4. The first-order chi connectivity index (χ1) is 10.8. The summed E-state index contributed by atoms with van der Waals surface area (Å²) in [5, 5.41) is 9.95. The summed E-state index contributed by atoms with van der Waals surface area (Å²) in [4.78, 5) is 11.9. The van der Waals surface area contributed by atoms with Gasteiger partial charge in [0.1, 0.15) is 5.60 Å². The van der Waals surface area contributed by atoms with Crippen LogP contribution in [0.3, 0.4) is 0 Å². The summed E-state index contributed by atoms with van der Waals surface area (Å²) in [7, 11) is 0. The van der Waals surface area contributed by atoms with Gasteiger partial charge in [-0.3, -0.25) is 0 Å². The molecule has 0 aliphatic heterocycles. The predicted octanol–water partition coefficient (Wildman–Crippen LogP) is 4.25. The Bertz CT molecular complexity index is 522. The highest BCUT2D eigenvalue weighted by Gasteiger charge is 2.59. The lowest BCUT2D eigenvalue weighted by molar-refractivity contribution is -0.262. The summed E-state index contributed by atoms with van der Waals surface area (Å²) in [6.45, 7) is 9.46. The van der Waals surface area contributed by atoms with E-state index in [1.165, 1.54) is 0 Å². The second kappa shape index (κ2) is 6.04. The van der Waals surface area contributed by atoms with Gasteiger partial charge in [-0.25, -0.2) is 4.79 Å². The molecule has 5 unspecified atom stereocenters. The van der Waals surface area contributed by atoms with Crippen molar-refractivity contribution in [2.45, 2.75) is 70.8 Å². The minimum Gasteiger partial charge on any atom is -0.456 e. The van der Waals surface area contributed by atoms with Gasteiger partial charge in [-0.2, -0.15) is 13.2 Å². The van der Waals surface area contributed by atoms with Crippen LogP contribution in [0.2, 0.25) is 0 Å². The Hall–Kier alpha value is -1.04. The summed E-state index contributed by atoms with van der Waals surface area (Å²) < 4.78 is 44.9. The third kappa shape index (κ3) is 3.48. The molecule has 2 bridgehead atoms. The van der Waals surface area contributed by atoms with E-state index in [2.05, 4.69) is 6.58 Å². The van der Waals surface area contributed by atoms with Crippen molar-refractivity contribution in [3.8, 4) is 0 Å². The molecule has 0 aromatic rings. The average Bonchev–Trinajstić information content (AvgIpc) is 2.96. The number of halogens is 3. The minimum atomic E-state index is -4.67. The van der Waals surface area contributed by atoms with Crippen molar-refractivity contribution >= 4 is 5.97 Å². The second-order valence-corrected chi connectivity index (χ2v) is 8.27. The highest BCUT2D eigenvalue weighted by Crippen LogP contribution is 2.59.